The second kappa shape index (κ2) is 9.81. The molecule has 174 valence electrons. The highest BCUT2D eigenvalue weighted by Crippen LogP contribution is 2.28. The molecule has 5 rings (SSSR count). The third-order valence-electron chi connectivity index (χ3n) is 6.14. The number of piperazine rings is 1. The molecule has 6 nitrogen and oxygen atoms in total. The molecule has 1 aliphatic heterocycles. The van der Waals surface area contributed by atoms with Crippen molar-refractivity contribution in [3.63, 3.8) is 0 Å². The zero-order chi connectivity index (χ0) is 23.5. The molecule has 3 aromatic carbocycles. The van der Waals surface area contributed by atoms with Crippen LogP contribution in [0.15, 0.2) is 76.4 Å². The van der Waals surface area contributed by atoms with Crippen molar-refractivity contribution >= 4 is 34.5 Å². The maximum Gasteiger partial charge on any atom is 0.257 e. The van der Waals surface area contributed by atoms with E-state index in [1.165, 1.54) is 0 Å². The molecular weight excluding hydrogens is 446 g/mol. The molecule has 1 amide bonds. The predicted octanol–water partition coefficient (Wildman–Crippen LogP) is 5.40. The average molecular weight is 474 g/mol. The smallest absolute Gasteiger partial charge is 0.257 e. The summed E-state index contributed by atoms with van der Waals surface area (Å²) >= 11 is 1.55. The average Bonchev–Trinajstić information content (AvgIpc) is 3.32. The van der Waals surface area contributed by atoms with Gasteiger partial charge in [0.15, 0.2) is 5.58 Å². The lowest BCUT2D eigenvalue weighted by Gasteiger charge is -2.36. The van der Waals surface area contributed by atoms with Gasteiger partial charge in [0, 0.05) is 43.2 Å². The fourth-order valence-electron chi connectivity index (χ4n) is 4.21. The van der Waals surface area contributed by atoms with Gasteiger partial charge in [-0.05, 0) is 60.5 Å². The number of hydrogen-bond acceptors (Lipinski definition) is 6. The van der Waals surface area contributed by atoms with E-state index in [-0.39, 0.29) is 5.91 Å². The van der Waals surface area contributed by atoms with Crippen LogP contribution in [0.2, 0.25) is 0 Å². The van der Waals surface area contributed by atoms with Gasteiger partial charge < -0.3 is 19.0 Å². The Morgan fingerprint density at radius 3 is 2.53 bits per heavy atom. The lowest BCUT2D eigenvalue weighted by Crippen LogP contribution is -2.48. The van der Waals surface area contributed by atoms with Gasteiger partial charge in [0.25, 0.3) is 11.1 Å². The fourth-order valence-corrected chi connectivity index (χ4v) is 4.98. The van der Waals surface area contributed by atoms with E-state index < -0.39 is 0 Å². The number of aromatic nitrogens is 1. The molecule has 0 spiro atoms. The van der Waals surface area contributed by atoms with Gasteiger partial charge in [-0.25, -0.2) is 4.98 Å². The minimum absolute atomic E-state index is 0.0821. The molecule has 1 saturated heterocycles. The summed E-state index contributed by atoms with van der Waals surface area (Å²) in [6, 6.07) is 21.9. The highest BCUT2D eigenvalue weighted by molar-refractivity contribution is 7.98. The van der Waals surface area contributed by atoms with Crippen molar-refractivity contribution in [2.24, 2.45) is 0 Å². The van der Waals surface area contributed by atoms with Crippen molar-refractivity contribution in [1.29, 1.82) is 0 Å². The molecule has 0 aliphatic carbocycles. The minimum Gasteiger partial charge on any atom is -0.497 e. The van der Waals surface area contributed by atoms with Gasteiger partial charge in [-0.3, -0.25) is 4.79 Å². The lowest BCUT2D eigenvalue weighted by molar-refractivity contribution is 0.0746. The molecule has 0 bridgehead atoms. The number of nitrogens with zero attached hydrogens (tertiary/aromatic N) is 3. The van der Waals surface area contributed by atoms with Gasteiger partial charge >= 0.3 is 0 Å². The first-order valence-electron chi connectivity index (χ1n) is 11.4. The zero-order valence-corrected chi connectivity index (χ0v) is 20.2. The SMILES string of the molecule is COc1ccc(N2CCN(C(=O)c3cccc(CSc4nc5c(C)cccc5o4)c3)CC2)cc1. The molecule has 1 fully saturated rings. The summed E-state index contributed by atoms with van der Waals surface area (Å²) < 4.78 is 11.1. The summed E-state index contributed by atoms with van der Waals surface area (Å²) in [6.07, 6.45) is 0. The van der Waals surface area contributed by atoms with Crippen molar-refractivity contribution in [3.05, 3.63) is 83.4 Å². The maximum absolute atomic E-state index is 13.2. The van der Waals surface area contributed by atoms with Crippen molar-refractivity contribution in [3.8, 4) is 5.75 Å². The Morgan fingerprint density at radius 1 is 1.03 bits per heavy atom. The highest BCUT2D eigenvalue weighted by Gasteiger charge is 2.22. The standard InChI is InChI=1S/C27H27N3O3S/c1-19-5-3-8-24-25(19)28-27(33-24)34-18-20-6-4-7-21(17-20)26(31)30-15-13-29(14-16-30)22-9-11-23(32-2)12-10-22/h3-12,17H,13-16,18H2,1-2H3. The number of carbonyl (C=O) groups is 1. The largest absolute Gasteiger partial charge is 0.497 e. The quantitative estimate of drug-likeness (QED) is 0.350. The van der Waals surface area contributed by atoms with Gasteiger partial charge in [0.05, 0.1) is 7.11 Å². The van der Waals surface area contributed by atoms with Crippen LogP contribution < -0.4 is 9.64 Å². The number of oxazole rings is 1. The van der Waals surface area contributed by atoms with E-state index >= 15 is 0 Å². The molecule has 1 aromatic heterocycles. The van der Waals surface area contributed by atoms with E-state index in [0.29, 0.717) is 24.1 Å². The number of carbonyl (C=O) groups excluding carboxylic acids is 1. The van der Waals surface area contributed by atoms with Crippen LogP contribution in [0.3, 0.4) is 0 Å². The van der Waals surface area contributed by atoms with Crippen molar-refractivity contribution in [2.45, 2.75) is 17.9 Å². The van der Waals surface area contributed by atoms with Crippen molar-refractivity contribution in [2.75, 3.05) is 38.2 Å². The molecule has 0 unspecified atom stereocenters. The molecule has 4 aromatic rings. The Bertz CT molecular complexity index is 1290. The van der Waals surface area contributed by atoms with Gasteiger partial charge in [0.2, 0.25) is 0 Å². The number of methoxy groups -OCH3 is 1. The van der Waals surface area contributed by atoms with Crippen LogP contribution in [0.25, 0.3) is 11.1 Å². The molecule has 0 saturated carbocycles. The Balaban J connectivity index is 1.20. The monoisotopic (exact) mass is 473 g/mol. The van der Waals surface area contributed by atoms with Crippen molar-refractivity contribution < 1.29 is 13.9 Å². The zero-order valence-electron chi connectivity index (χ0n) is 19.4. The molecule has 34 heavy (non-hydrogen) atoms. The topological polar surface area (TPSA) is 58.8 Å². The molecule has 0 radical (unpaired) electrons. The number of thioether (sulfide) groups is 1. The van der Waals surface area contributed by atoms with Crippen LogP contribution in [0, 0.1) is 6.92 Å². The minimum atomic E-state index is 0.0821. The second-order valence-corrected chi connectivity index (χ2v) is 9.29. The van der Waals surface area contributed by atoms with Crippen LogP contribution in [-0.2, 0) is 5.75 Å². The summed E-state index contributed by atoms with van der Waals surface area (Å²) in [7, 11) is 1.67. The number of para-hydroxylation sites is 1. The maximum atomic E-state index is 13.2. The predicted molar refractivity (Wildman–Crippen MR) is 136 cm³/mol. The Labute approximate surface area is 203 Å². The first-order chi connectivity index (χ1) is 16.6. The molecule has 0 atom stereocenters. The number of rotatable bonds is 6. The number of benzene rings is 3. The number of ether oxygens (including phenoxy) is 1. The van der Waals surface area contributed by atoms with E-state index in [1.54, 1.807) is 18.9 Å². The number of aryl methyl sites for hydroxylation is 1. The Morgan fingerprint density at radius 2 is 1.79 bits per heavy atom. The molecule has 0 N–H and O–H groups in total. The van der Waals surface area contributed by atoms with Gasteiger partial charge in [-0.15, -0.1) is 0 Å². The molecule has 2 heterocycles. The van der Waals surface area contributed by atoms with E-state index in [0.717, 1.165) is 52.3 Å². The summed E-state index contributed by atoms with van der Waals surface area (Å²) in [4.78, 5) is 22.0. The Hall–Kier alpha value is -3.45. The second-order valence-electron chi connectivity index (χ2n) is 8.37. The van der Waals surface area contributed by atoms with E-state index in [2.05, 4.69) is 22.0 Å². The first kappa shape index (κ1) is 22.3. The lowest BCUT2D eigenvalue weighted by atomic mass is 10.1. The van der Waals surface area contributed by atoms with Crippen LogP contribution in [0.5, 0.6) is 5.75 Å². The van der Waals surface area contributed by atoms with Gasteiger partial charge in [-0.2, -0.15) is 0 Å². The third kappa shape index (κ3) is 4.75. The van der Waals surface area contributed by atoms with Crippen LogP contribution in [0.1, 0.15) is 21.5 Å². The van der Waals surface area contributed by atoms with Crippen LogP contribution >= 0.6 is 11.8 Å². The molecule has 1 aliphatic rings. The molecule has 7 heteroatoms. The number of hydrogen-bond donors (Lipinski definition) is 0. The van der Waals surface area contributed by atoms with E-state index in [4.69, 9.17) is 9.15 Å². The van der Waals surface area contributed by atoms with Gasteiger partial charge in [-0.1, -0.05) is 36.0 Å². The van der Waals surface area contributed by atoms with E-state index in [9.17, 15) is 4.79 Å². The van der Waals surface area contributed by atoms with Crippen LogP contribution in [-0.4, -0.2) is 49.1 Å². The number of amides is 1. The highest BCUT2D eigenvalue weighted by atomic mass is 32.2. The summed E-state index contributed by atoms with van der Waals surface area (Å²) in [6.45, 7) is 5.05. The first-order valence-corrected chi connectivity index (χ1v) is 12.4. The normalized spacial score (nSPS) is 13.9. The summed E-state index contributed by atoms with van der Waals surface area (Å²) in [5, 5.41) is 0.649. The third-order valence-corrected chi connectivity index (χ3v) is 7.04. The molecular formula is C27H27N3O3S. The fraction of sp³-hybridized carbons (Fsp3) is 0.259. The summed E-state index contributed by atoms with van der Waals surface area (Å²) in [5.41, 5.74) is 5.77. The summed E-state index contributed by atoms with van der Waals surface area (Å²) in [5.74, 6) is 1.62. The number of anilines is 1. The van der Waals surface area contributed by atoms with E-state index in [1.807, 2.05) is 66.4 Å². The Kier molecular flexibility index (Phi) is 6.45. The van der Waals surface area contributed by atoms with Gasteiger partial charge in [0.1, 0.15) is 11.3 Å². The van der Waals surface area contributed by atoms with Crippen molar-refractivity contribution in [1.82, 2.24) is 9.88 Å². The van der Waals surface area contributed by atoms with Crippen LogP contribution in [0.4, 0.5) is 5.69 Å². The number of fused-ring (bicyclic) bond motifs is 1.